The molecule has 1 aliphatic carbocycles. The van der Waals surface area contributed by atoms with E-state index >= 15 is 0 Å². The van der Waals surface area contributed by atoms with Crippen LogP contribution in [0, 0.1) is 5.92 Å². The Morgan fingerprint density at radius 1 is 1.40 bits per heavy atom. The SMILES string of the molecule is CN(CCC(=O)Nc1c(Cl)cc(N)cc1Cl)CC1CC1. The zero-order chi connectivity index (χ0) is 14.7. The lowest BCUT2D eigenvalue weighted by atomic mass is 10.2. The molecule has 0 atom stereocenters. The van der Waals surface area contributed by atoms with Crippen LogP contribution >= 0.6 is 23.2 Å². The molecule has 0 saturated heterocycles. The molecule has 1 aromatic carbocycles. The van der Waals surface area contributed by atoms with E-state index in [0.717, 1.165) is 19.0 Å². The van der Waals surface area contributed by atoms with Crippen LogP contribution in [0.15, 0.2) is 12.1 Å². The third-order valence-electron chi connectivity index (χ3n) is 3.32. The fourth-order valence-corrected chi connectivity index (χ4v) is 2.64. The summed E-state index contributed by atoms with van der Waals surface area (Å²) in [4.78, 5) is 14.1. The van der Waals surface area contributed by atoms with Crippen LogP contribution in [0.3, 0.4) is 0 Å². The molecule has 1 saturated carbocycles. The molecule has 1 aromatic rings. The normalized spacial score (nSPS) is 14.6. The number of hydrogen-bond acceptors (Lipinski definition) is 3. The molecule has 0 heterocycles. The second-order valence-electron chi connectivity index (χ2n) is 5.36. The van der Waals surface area contributed by atoms with Gasteiger partial charge in [0.2, 0.25) is 5.91 Å². The number of nitrogens with two attached hydrogens (primary N) is 1. The van der Waals surface area contributed by atoms with Gasteiger partial charge in [-0.3, -0.25) is 4.79 Å². The van der Waals surface area contributed by atoms with E-state index in [9.17, 15) is 4.79 Å². The molecular formula is C14H19Cl2N3O. The quantitative estimate of drug-likeness (QED) is 0.792. The Labute approximate surface area is 129 Å². The van der Waals surface area contributed by atoms with E-state index in [1.165, 1.54) is 12.8 Å². The van der Waals surface area contributed by atoms with Crippen molar-refractivity contribution in [2.75, 3.05) is 31.2 Å². The van der Waals surface area contributed by atoms with Gasteiger partial charge < -0.3 is 16.0 Å². The van der Waals surface area contributed by atoms with Crippen LogP contribution in [-0.2, 0) is 4.79 Å². The predicted octanol–water partition coefficient (Wildman–Crippen LogP) is 3.25. The number of halogens is 2. The fourth-order valence-electron chi connectivity index (χ4n) is 2.04. The average Bonchev–Trinajstić information content (AvgIpc) is 3.15. The van der Waals surface area contributed by atoms with Gasteiger partial charge in [-0.1, -0.05) is 23.2 Å². The fraction of sp³-hybridized carbons (Fsp3) is 0.500. The maximum Gasteiger partial charge on any atom is 0.225 e. The monoisotopic (exact) mass is 315 g/mol. The van der Waals surface area contributed by atoms with Crippen LogP contribution in [0.4, 0.5) is 11.4 Å². The second kappa shape index (κ2) is 6.66. The number of nitrogens with zero attached hydrogens (tertiary/aromatic N) is 1. The minimum absolute atomic E-state index is 0.0961. The smallest absolute Gasteiger partial charge is 0.225 e. The van der Waals surface area contributed by atoms with E-state index < -0.39 is 0 Å². The van der Waals surface area contributed by atoms with E-state index in [0.29, 0.717) is 27.8 Å². The zero-order valence-electron chi connectivity index (χ0n) is 11.5. The van der Waals surface area contributed by atoms with Crippen LogP contribution in [-0.4, -0.2) is 30.9 Å². The molecule has 4 nitrogen and oxygen atoms in total. The van der Waals surface area contributed by atoms with Crippen molar-refractivity contribution >= 4 is 40.5 Å². The lowest BCUT2D eigenvalue weighted by Crippen LogP contribution is -2.26. The molecule has 6 heteroatoms. The Bertz CT molecular complexity index is 480. The summed E-state index contributed by atoms with van der Waals surface area (Å²) in [6, 6.07) is 3.14. The third kappa shape index (κ3) is 4.54. The van der Waals surface area contributed by atoms with Crippen LogP contribution in [0.5, 0.6) is 0 Å². The lowest BCUT2D eigenvalue weighted by molar-refractivity contribution is -0.116. The summed E-state index contributed by atoms with van der Waals surface area (Å²) in [5.41, 5.74) is 6.52. The number of nitrogens with one attached hydrogen (secondary N) is 1. The molecule has 20 heavy (non-hydrogen) atoms. The Kier molecular flexibility index (Phi) is 5.13. The van der Waals surface area contributed by atoms with Crippen molar-refractivity contribution in [3.63, 3.8) is 0 Å². The van der Waals surface area contributed by atoms with Gasteiger partial charge in [0.15, 0.2) is 0 Å². The van der Waals surface area contributed by atoms with E-state index in [4.69, 9.17) is 28.9 Å². The standard InChI is InChI=1S/C14H19Cl2N3O/c1-19(8-9-2-3-9)5-4-13(20)18-14-11(15)6-10(17)7-12(14)16/h6-7,9H,2-5,8,17H2,1H3,(H,18,20). The number of amides is 1. The summed E-state index contributed by atoms with van der Waals surface area (Å²) in [6.45, 7) is 1.79. The Morgan fingerprint density at radius 3 is 2.55 bits per heavy atom. The molecule has 3 N–H and O–H groups in total. The summed E-state index contributed by atoms with van der Waals surface area (Å²) >= 11 is 12.1. The van der Waals surface area contributed by atoms with Gasteiger partial charge in [-0.15, -0.1) is 0 Å². The molecule has 0 aromatic heterocycles. The van der Waals surface area contributed by atoms with Gasteiger partial charge in [0.1, 0.15) is 0 Å². The predicted molar refractivity (Wildman–Crippen MR) is 84.3 cm³/mol. The number of rotatable bonds is 6. The number of carbonyl (C=O) groups is 1. The molecule has 0 spiro atoms. The first-order valence-electron chi connectivity index (χ1n) is 6.68. The first kappa shape index (κ1) is 15.4. The van der Waals surface area contributed by atoms with Crippen LogP contribution in [0.25, 0.3) is 0 Å². The molecule has 110 valence electrons. The Hall–Kier alpha value is -0.970. The molecule has 0 radical (unpaired) electrons. The van der Waals surface area contributed by atoms with Crippen molar-refractivity contribution in [1.29, 1.82) is 0 Å². The topological polar surface area (TPSA) is 58.4 Å². The van der Waals surface area contributed by atoms with Crippen LogP contribution in [0.2, 0.25) is 10.0 Å². The van der Waals surface area contributed by atoms with Crippen molar-refractivity contribution in [3.05, 3.63) is 22.2 Å². The van der Waals surface area contributed by atoms with Gasteiger partial charge in [0.05, 0.1) is 15.7 Å². The highest BCUT2D eigenvalue weighted by molar-refractivity contribution is 6.40. The van der Waals surface area contributed by atoms with Crippen LogP contribution in [0.1, 0.15) is 19.3 Å². The number of carbonyl (C=O) groups excluding carboxylic acids is 1. The third-order valence-corrected chi connectivity index (χ3v) is 3.91. The number of benzene rings is 1. The molecule has 1 fully saturated rings. The van der Waals surface area contributed by atoms with Gasteiger partial charge in [0, 0.05) is 25.2 Å². The summed E-state index contributed by atoms with van der Waals surface area (Å²) < 4.78 is 0. The number of nitrogen functional groups attached to an aromatic ring is 1. The van der Waals surface area contributed by atoms with Crippen molar-refractivity contribution < 1.29 is 4.79 Å². The number of hydrogen-bond donors (Lipinski definition) is 2. The molecular weight excluding hydrogens is 297 g/mol. The lowest BCUT2D eigenvalue weighted by Gasteiger charge is -2.16. The highest BCUT2D eigenvalue weighted by atomic mass is 35.5. The summed E-state index contributed by atoms with van der Waals surface area (Å²) in [5, 5.41) is 3.46. The van der Waals surface area contributed by atoms with Crippen molar-refractivity contribution in [3.8, 4) is 0 Å². The highest BCUT2D eigenvalue weighted by Crippen LogP contribution is 2.33. The van der Waals surface area contributed by atoms with Crippen molar-refractivity contribution in [1.82, 2.24) is 4.90 Å². The van der Waals surface area contributed by atoms with E-state index in [1.54, 1.807) is 12.1 Å². The molecule has 1 amide bonds. The van der Waals surface area contributed by atoms with Gasteiger partial charge in [-0.05, 0) is 37.9 Å². The van der Waals surface area contributed by atoms with Gasteiger partial charge in [0.25, 0.3) is 0 Å². The zero-order valence-corrected chi connectivity index (χ0v) is 13.0. The minimum atomic E-state index is -0.0961. The molecule has 0 aliphatic heterocycles. The summed E-state index contributed by atoms with van der Waals surface area (Å²) in [6.07, 6.45) is 3.04. The highest BCUT2D eigenvalue weighted by Gasteiger charge is 2.22. The van der Waals surface area contributed by atoms with Crippen molar-refractivity contribution in [2.24, 2.45) is 5.92 Å². The van der Waals surface area contributed by atoms with Gasteiger partial charge >= 0.3 is 0 Å². The molecule has 0 bridgehead atoms. The van der Waals surface area contributed by atoms with E-state index in [-0.39, 0.29) is 5.91 Å². The summed E-state index contributed by atoms with van der Waals surface area (Å²) in [7, 11) is 2.04. The van der Waals surface area contributed by atoms with Crippen LogP contribution < -0.4 is 11.1 Å². The molecule has 1 aliphatic rings. The number of anilines is 2. The molecule has 2 rings (SSSR count). The first-order chi connectivity index (χ1) is 9.45. The summed E-state index contributed by atoms with van der Waals surface area (Å²) in [5.74, 6) is 0.727. The molecule has 0 unspecified atom stereocenters. The minimum Gasteiger partial charge on any atom is -0.399 e. The van der Waals surface area contributed by atoms with Gasteiger partial charge in [-0.25, -0.2) is 0 Å². The van der Waals surface area contributed by atoms with E-state index in [2.05, 4.69) is 10.2 Å². The van der Waals surface area contributed by atoms with Crippen molar-refractivity contribution in [2.45, 2.75) is 19.3 Å². The van der Waals surface area contributed by atoms with Gasteiger partial charge in [-0.2, -0.15) is 0 Å². The second-order valence-corrected chi connectivity index (χ2v) is 6.18. The first-order valence-corrected chi connectivity index (χ1v) is 7.44. The Balaban J connectivity index is 1.84. The maximum atomic E-state index is 11.9. The maximum absolute atomic E-state index is 11.9. The largest absolute Gasteiger partial charge is 0.399 e. The van der Waals surface area contributed by atoms with E-state index in [1.807, 2.05) is 7.05 Å². The average molecular weight is 316 g/mol. The Morgan fingerprint density at radius 2 is 2.00 bits per heavy atom.